The standard InChI is InChI=1S/C12H11NO2/c1-15-11-4-2-3-10-9(11)6-5-8(7-13)12(10)14/h2-4,8H,5-6H2,1H3. The van der Waals surface area contributed by atoms with Gasteiger partial charge in [-0.25, -0.2) is 0 Å². The molecule has 0 heterocycles. The summed E-state index contributed by atoms with van der Waals surface area (Å²) in [5.41, 5.74) is 1.59. The van der Waals surface area contributed by atoms with E-state index in [1.54, 1.807) is 19.2 Å². The molecule has 0 saturated heterocycles. The van der Waals surface area contributed by atoms with Crippen molar-refractivity contribution >= 4 is 5.78 Å². The summed E-state index contributed by atoms with van der Waals surface area (Å²) in [5, 5.41) is 8.81. The molecule has 0 radical (unpaired) electrons. The van der Waals surface area contributed by atoms with Crippen molar-refractivity contribution in [2.75, 3.05) is 7.11 Å². The van der Waals surface area contributed by atoms with Crippen LogP contribution in [0, 0.1) is 17.2 Å². The second-order valence-electron chi connectivity index (χ2n) is 3.57. The van der Waals surface area contributed by atoms with E-state index in [-0.39, 0.29) is 5.78 Å². The van der Waals surface area contributed by atoms with Crippen LogP contribution in [-0.4, -0.2) is 12.9 Å². The summed E-state index contributed by atoms with van der Waals surface area (Å²) < 4.78 is 5.19. The van der Waals surface area contributed by atoms with Gasteiger partial charge in [0.2, 0.25) is 0 Å². The van der Waals surface area contributed by atoms with Crippen molar-refractivity contribution in [2.45, 2.75) is 12.8 Å². The Hall–Kier alpha value is -1.82. The predicted molar refractivity (Wildman–Crippen MR) is 54.7 cm³/mol. The van der Waals surface area contributed by atoms with Crippen molar-refractivity contribution in [1.29, 1.82) is 5.26 Å². The number of carbonyl (C=O) groups excluding carboxylic acids is 1. The molecule has 1 unspecified atom stereocenters. The number of ether oxygens (including phenoxy) is 1. The van der Waals surface area contributed by atoms with Crippen LogP contribution in [-0.2, 0) is 6.42 Å². The Morgan fingerprint density at radius 1 is 1.53 bits per heavy atom. The maximum atomic E-state index is 11.8. The molecule has 2 rings (SSSR count). The quantitative estimate of drug-likeness (QED) is 0.697. The monoisotopic (exact) mass is 201 g/mol. The molecule has 1 aromatic rings. The van der Waals surface area contributed by atoms with E-state index in [0.717, 1.165) is 17.7 Å². The van der Waals surface area contributed by atoms with Crippen molar-refractivity contribution in [3.05, 3.63) is 29.3 Å². The minimum absolute atomic E-state index is 0.0716. The van der Waals surface area contributed by atoms with Crippen LogP contribution < -0.4 is 4.74 Å². The van der Waals surface area contributed by atoms with Gasteiger partial charge in [-0.3, -0.25) is 4.79 Å². The summed E-state index contributed by atoms with van der Waals surface area (Å²) in [5.74, 6) is 0.194. The van der Waals surface area contributed by atoms with Crippen molar-refractivity contribution in [1.82, 2.24) is 0 Å². The molecule has 0 spiro atoms. The molecule has 1 atom stereocenters. The third kappa shape index (κ3) is 1.48. The second-order valence-corrected chi connectivity index (χ2v) is 3.57. The maximum Gasteiger partial charge on any atom is 0.180 e. The molecule has 0 bridgehead atoms. The Kier molecular flexibility index (Phi) is 2.42. The van der Waals surface area contributed by atoms with Crippen LogP contribution in [0.25, 0.3) is 0 Å². The average Bonchev–Trinajstić information content (AvgIpc) is 2.29. The number of hydrogen-bond donors (Lipinski definition) is 0. The van der Waals surface area contributed by atoms with E-state index >= 15 is 0 Å². The van der Waals surface area contributed by atoms with E-state index in [1.165, 1.54) is 0 Å². The summed E-state index contributed by atoms with van der Waals surface area (Å²) in [6.07, 6.45) is 1.34. The van der Waals surface area contributed by atoms with E-state index in [2.05, 4.69) is 0 Å². The molecule has 3 nitrogen and oxygen atoms in total. The van der Waals surface area contributed by atoms with Crippen LogP contribution in [0.15, 0.2) is 18.2 Å². The molecular weight excluding hydrogens is 190 g/mol. The summed E-state index contributed by atoms with van der Waals surface area (Å²) in [6, 6.07) is 7.44. The predicted octanol–water partition coefficient (Wildman–Crippen LogP) is 1.96. The van der Waals surface area contributed by atoms with Crippen LogP contribution in [0.2, 0.25) is 0 Å². The zero-order chi connectivity index (χ0) is 10.8. The van der Waals surface area contributed by atoms with Gasteiger partial charge < -0.3 is 4.74 Å². The fourth-order valence-corrected chi connectivity index (χ4v) is 1.98. The van der Waals surface area contributed by atoms with Crippen molar-refractivity contribution in [3.8, 4) is 11.8 Å². The van der Waals surface area contributed by atoms with E-state index in [1.807, 2.05) is 12.1 Å². The lowest BCUT2D eigenvalue weighted by molar-refractivity contribution is 0.0933. The number of benzene rings is 1. The lowest BCUT2D eigenvalue weighted by Crippen LogP contribution is -2.21. The largest absolute Gasteiger partial charge is 0.496 e. The summed E-state index contributed by atoms with van der Waals surface area (Å²) >= 11 is 0. The Bertz CT molecular complexity index is 445. The second kappa shape index (κ2) is 3.74. The number of carbonyl (C=O) groups is 1. The zero-order valence-corrected chi connectivity index (χ0v) is 8.49. The van der Waals surface area contributed by atoms with Crippen LogP contribution in [0.3, 0.4) is 0 Å². The van der Waals surface area contributed by atoms with Gasteiger partial charge in [-0.15, -0.1) is 0 Å². The number of methoxy groups -OCH3 is 1. The van der Waals surface area contributed by atoms with Gasteiger partial charge in [0, 0.05) is 11.1 Å². The van der Waals surface area contributed by atoms with E-state index < -0.39 is 5.92 Å². The summed E-state index contributed by atoms with van der Waals surface area (Å²) in [6.45, 7) is 0. The minimum Gasteiger partial charge on any atom is -0.496 e. The van der Waals surface area contributed by atoms with Crippen molar-refractivity contribution in [3.63, 3.8) is 0 Å². The van der Waals surface area contributed by atoms with E-state index in [4.69, 9.17) is 10.00 Å². The molecule has 0 saturated carbocycles. The molecule has 0 amide bonds. The van der Waals surface area contributed by atoms with Gasteiger partial charge in [0.05, 0.1) is 13.2 Å². The number of nitriles is 1. The molecule has 15 heavy (non-hydrogen) atoms. The van der Waals surface area contributed by atoms with Crippen LogP contribution in [0.5, 0.6) is 5.75 Å². The Morgan fingerprint density at radius 2 is 2.33 bits per heavy atom. The number of nitrogens with zero attached hydrogens (tertiary/aromatic N) is 1. The zero-order valence-electron chi connectivity index (χ0n) is 8.49. The Labute approximate surface area is 88.3 Å². The minimum atomic E-state index is -0.482. The Morgan fingerprint density at radius 3 is 3.00 bits per heavy atom. The molecule has 1 aromatic carbocycles. The molecule has 1 aliphatic carbocycles. The summed E-state index contributed by atoms with van der Waals surface area (Å²) in [4.78, 5) is 11.8. The molecule has 1 aliphatic rings. The van der Waals surface area contributed by atoms with Crippen LogP contribution in [0.1, 0.15) is 22.3 Å². The van der Waals surface area contributed by atoms with Crippen LogP contribution in [0.4, 0.5) is 0 Å². The number of hydrogen-bond acceptors (Lipinski definition) is 3. The van der Waals surface area contributed by atoms with Gasteiger partial charge in [-0.2, -0.15) is 5.26 Å². The fraction of sp³-hybridized carbons (Fsp3) is 0.333. The molecular formula is C12H11NO2. The third-order valence-electron chi connectivity index (χ3n) is 2.77. The van der Waals surface area contributed by atoms with E-state index in [9.17, 15) is 4.79 Å². The van der Waals surface area contributed by atoms with Gasteiger partial charge in [-0.05, 0) is 18.9 Å². The van der Waals surface area contributed by atoms with Gasteiger partial charge in [0.15, 0.2) is 5.78 Å². The highest BCUT2D eigenvalue weighted by Gasteiger charge is 2.28. The number of Topliss-reactive ketones (excluding diaryl/α,β-unsaturated/α-hetero) is 1. The number of fused-ring (bicyclic) bond motifs is 1. The lowest BCUT2D eigenvalue weighted by Gasteiger charge is -2.20. The van der Waals surface area contributed by atoms with Crippen molar-refractivity contribution < 1.29 is 9.53 Å². The fourth-order valence-electron chi connectivity index (χ4n) is 1.98. The summed E-state index contributed by atoms with van der Waals surface area (Å²) in [7, 11) is 1.59. The Balaban J connectivity index is 2.50. The van der Waals surface area contributed by atoms with E-state index in [0.29, 0.717) is 12.0 Å². The van der Waals surface area contributed by atoms with Gasteiger partial charge in [0.1, 0.15) is 11.7 Å². The molecule has 0 fully saturated rings. The van der Waals surface area contributed by atoms with Gasteiger partial charge in [0.25, 0.3) is 0 Å². The number of rotatable bonds is 1. The van der Waals surface area contributed by atoms with Crippen molar-refractivity contribution in [2.24, 2.45) is 5.92 Å². The SMILES string of the molecule is COc1cccc2c1CCC(C#N)C2=O. The third-order valence-corrected chi connectivity index (χ3v) is 2.77. The first-order chi connectivity index (χ1) is 7.27. The van der Waals surface area contributed by atoms with Crippen LogP contribution >= 0.6 is 0 Å². The first-order valence-electron chi connectivity index (χ1n) is 4.87. The normalized spacial score (nSPS) is 19.2. The first kappa shape index (κ1) is 9.72. The molecule has 3 heteroatoms. The smallest absolute Gasteiger partial charge is 0.180 e. The van der Waals surface area contributed by atoms with Gasteiger partial charge in [-0.1, -0.05) is 12.1 Å². The molecule has 0 aromatic heterocycles. The maximum absolute atomic E-state index is 11.8. The highest BCUT2D eigenvalue weighted by Crippen LogP contribution is 2.31. The highest BCUT2D eigenvalue weighted by molar-refractivity contribution is 6.02. The molecule has 0 N–H and O–H groups in total. The molecule has 76 valence electrons. The highest BCUT2D eigenvalue weighted by atomic mass is 16.5. The topological polar surface area (TPSA) is 50.1 Å². The molecule has 0 aliphatic heterocycles. The first-order valence-corrected chi connectivity index (χ1v) is 4.87. The lowest BCUT2D eigenvalue weighted by atomic mass is 9.83. The number of ketones is 1. The van der Waals surface area contributed by atoms with Gasteiger partial charge >= 0.3 is 0 Å². The average molecular weight is 201 g/mol.